The maximum absolute atomic E-state index is 5.93. The average molecular weight is 585 g/mol. The molecule has 8 heteroatoms. The summed E-state index contributed by atoms with van der Waals surface area (Å²) in [6.45, 7) is 9.04. The molecule has 4 N–H and O–H groups in total. The second-order valence-corrected chi connectivity index (χ2v) is 11.3. The van der Waals surface area contributed by atoms with Crippen molar-refractivity contribution < 1.29 is 0 Å². The molecule has 3 heterocycles. The molecule has 0 aliphatic carbocycles. The molecular formula is C36H40N8. The summed E-state index contributed by atoms with van der Waals surface area (Å²) in [6.07, 6.45) is 1.45. The molecule has 0 saturated heterocycles. The second-order valence-electron chi connectivity index (χ2n) is 11.3. The van der Waals surface area contributed by atoms with Gasteiger partial charge < -0.3 is 11.5 Å². The van der Waals surface area contributed by atoms with E-state index in [1.165, 1.54) is 0 Å². The number of pyridine rings is 2. The highest BCUT2D eigenvalue weighted by Gasteiger charge is 2.15. The average Bonchev–Trinajstić information content (AvgIpc) is 3.04. The van der Waals surface area contributed by atoms with Crippen LogP contribution in [0.4, 0.5) is 11.4 Å². The van der Waals surface area contributed by atoms with Crippen molar-refractivity contribution in [1.29, 1.82) is 0 Å². The minimum absolute atomic E-state index is 0.0896. The third-order valence-electron chi connectivity index (χ3n) is 7.71. The maximum atomic E-state index is 5.93. The van der Waals surface area contributed by atoms with Gasteiger partial charge in [0.1, 0.15) is 0 Å². The number of rotatable bonds is 4. The van der Waals surface area contributed by atoms with Gasteiger partial charge >= 0.3 is 0 Å². The van der Waals surface area contributed by atoms with Gasteiger partial charge in [-0.25, -0.2) is 9.97 Å². The zero-order valence-corrected chi connectivity index (χ0v) is 25.9. The minimum Gasteiger partial charge on any atom is -0.399 e. The van der Waals surface area contributed by atoms with Gasteiger partial charge in [0, 0.05) is 11.4 Å². The van der Waals surface area contributed by atoms with Crippen LogP contribution in [0, 0.1) is 0 Å². The molecule has 0 fully saturated rings. The molecule has 2 unspecified atom stereocenters. The van der Waals surface area contributed by atoms with E-state index < -0.39 is 0 Å². The molecule has 0 saturated carbocycles. The van der Waals surface area contributed by atoms with E-state index in [4.69, 9.17) is 41.4 Å². The lowest BCUT2D eigenvalue weighted by Gasteiger charge is -2.15. The Bertz CT molecular complexity index is 1590. The van der Waals surface area contributed by atoms with E-state index in [-0.39, 0.29) is 12.1 Å². The van der Waals surface area contributed by atoms with Gasteiger partial charge in [0.25, 0.3) is 0 Å². The van der Waals surface area contributed by atoms with Crippen LogP contribution in [-0.2, 0) is 12.8 Å². The lowest BCUT2D eigenvalue weighted by molar-refractivity contribution is 0.680. The van der Waals surface area contributed by atoms with Crippen molar-refractivity contribution in [3.8, 4) is 0 Å². The molecule has 224 valence electrons. The Morgan fingerprint density at radius 1 is 0.500 bits per heavy atom. The molecular weight excluding hydrogens is 544 g/mol. The number of anilines is 2. The van der Waals surface area contributed by atoms with Crippen molar-refractivity contribution in [2.75, 3.05) is 24.6 Å². The lowest BCUT2D eigenvalue weighted by Crippen LogP contribution is -2.19. The number of aliphatic imine (C=N–C) groups is 4. The fourth-order valence-corrected chi connectivity index (χ4v) is 5.16. The van der Waals surface area contributed by atoms with Crippen molar-refractivity contribution in [3.63, 3.8) is 0 Å². The van der Waals surface area contributed by atoms with Crippen LogP contribution in [0.5, 0.6) is 0 Å². The number of nitrogen functional groups attached to an aromatic ring is 2. The highest BCUT2D eigenvalue weighted by Crippen LogP contribution is 2.15. The van der Waals surface area contributed by atoms with Gasteiger partial charge in [0.2, 0.25) is 0 Å². The van der Waals surface area contributed by atoms with E-state index in [2.05, 4.69) is 24.3 Å². The summed E-state index contributed by atoms with van der Waals surface area (Å²) in [4.78, 5) is 30.1. The summed E-state index contributed by atoms with van der Waals surface area (Å²) >= 11 is 0. The number of benzene rings is 2. The smallest absolute Gasteiger partial charge is 0.0845 e. The van der Waals surface area contributed by atoms with Gasteiger partial charge in [-0.05, 0) is 100 Å². The minimum atomic E-state index is -0.0896. The number of hydrogen-bond acceptors (Lipinski definition) is 8. The molecule has 2 aromatic heterocycles. The summed E-state index contributed by atoms with van der Waals surface area (Å²) in [5.74, 6) is 0. The number of nitrogens with zero attached hydrogens (tertiary/aromatic N) is 6. The summed E-state index contributed by atoms with van der Waals surface area (Å²) < 4.78 is 0. The summed E-state index contributed by atoms with van der Waals surface area (Å²) in [5, 5.41) is 0. The van der Waals surface area contributed by atoms with Crippen LogP contribution in [0.15, 0.2) is 105 Å². The van der Waals surface area contributed by atoms with Gasteiger partial charge in [-0.15, -0.1) is 0 Å². The van der Waals surface area contributed by atoms with Crippen molar-refractivity contribution in [2.24, 2.45) is 20.0 Å². The normalized spacial score (nSPS) is 22.5. The predicted octanol–water partition coefficient (Wildman–Crippen LogP) is 5.81. The molecule has 2 atom stereocenters. The van der Waals surface area contributed by atoms with Crippen LogP contribution in [0.1, 0.15) is 61.6 Å². The third kappa shape index (κ3) is 8.10. The summed E-state index contributed by atoms with van der Waals surface area (Å²) in [5.41, 5.74) is 22.4. The Hall–Kier alpha value is -4.98. The molecule has 8 nitrogen and oxygen atoms in total. The Morgan fingerprint density at radius 3 is 1.20 bits per heavy atom. The Kier molecular flexibility index (Phi) is 9.69. The Balaban J connectivity index is 1.55. The molecule has 4 aromatic rings. The summed E-state index contributed by atoms with van der Waals surface area (Å²) in [6, 6.07) is 27.7. The van der Waals surface area contributed by atoms with E-state index in [0.717, 1.165) is 81.0 Å². The van der Waals surface area contributed by atoms with Gasteiger partial charge in [0.05, 0.1) is 70.8 Å². The highest BCUT2D eigenvalue weighted by atomic mass is 14.9. The van der Waals surface area contributed by atoms with E-state index in [0.29, 0.717) is 13.1 Å². The molecule has 0 spiro atoms. The molecule has 5 rings (SSSR count). The first-order chi connectivity index (χ1) is 21.2. The SMILES string of the molecule is C/C1=N\CC(Cc2ccc(N)cc2)/N=C(\C)c2cccc(n2)/C(C)=N/CC(Cc2ccc(N)cc2)/N=C(\C)c2cccc1n2. The molecule has 0 radical (unpaired) electrons. The van der Waals surface area contributed by atoms with Crippen LogP contribution < -0.4 is 11.5 Å². The van der Waals surface area contributed by atoms with E-state index in [1.807, 2.05) is 88.4 Å². The van der Waals surface area contributed by atoms with Crippen molar-refractivity contribution in [3.05, 3.63) is 119 Å². The van der Waals surface area contributed by atoms with Gasteiger partial charge in [0.15, 0.2) is 0 Å². The second kappa shape index (κ2) is 14.0. The predicted molar refractivity (Wildman–Crippen MR) is 184 cm³/mol. The van der Waals surface area contributed by atoms with Crippen LogP contribution in [0.25, 0.3) is 0 Å². The van der Waals surface area contributed by atoms with Crippen LogP contribution >= 0.6 is 0 Å². The van der Waals surface area contributed by atoms with Crippen LogP contribution in [0.2, 0.25) is 0 Å². The lowest BCUT2D eigenvalue weighted by atomic mass is 10.0. The molecule has 1 aliphatic heterocycles. The molecule has 0 amide bonds. The maximum Gasteiger partial charge on any atom is 0.0845 e. The molecule has 4 bridgehead atoms. The van der Waals surface area contributed by atoms with E-state index in [1.54, 1.807) is 0 Å². The fourth-order valence-electron chi connectivity index (χ4n) is 5.16. The largest absolute Gasteiger partial charge is 0.399 e. The first kappa shape index (κ1) is 30.5. The van der Waals surface area contributed by atoms with E-state index >= 15 is 0 Å². The first-order valence-electron chi connectivity index (χ1n) is 15.0. The first-order valence-corrected chi connectivity index (χ1v) is 15.0. The van der Waals surface area contributed by atoms with E-state index in [9.17, 15) is 0 Å². The molecule has 2 aromatic carbocycles. The van der Waals surface area contributed by atoms with Gasteiger partial charge in [-0.1, -0.05) is 36.4 Å². The van der Waals surface area contributed by atoms with Crippen LogP contribution in [-0.4, -0.2) is 58.0 Å². The molecule has 1 aliphatic rings. The number of aromatic nitrogens is 2. The Labute approximate surface area is 259 Å². The number of hydrogen-bond donors (Lipinski definition) is 2. The zero-order chi connectivity index (χ0) is 31.1. The number of nitrogens with two attached hydrogens (primary N) is 2. The summed E-state index contributed by atoms with van der Waals surface area (Å²) in [7, 11) is 0. The number of fused-ring (bicyclic) bond motifs is 4. The topological polar surface area (TPSA) is 127 Å². The Morgan fingerprint density at radius 2 is 0.841 bits per heavy atom. The fraction of sp³-hybridized carbons (Fsp3) is 0.278. The van der Waals surface area contributed by atoms with Crippen molar-refractivity contribution in [2.45, 2.75) is 52.6 Å². The zero-order valence-electron chi connectivity index (χ0n) is 25.9. The van der Waals surface area contributed by atoms with Gasteiger partial charge in [-0.3, -0.25) is 20.0 Å². The third-order valence-corrected chi connectivity index (χ3v) is 7.71. The van der Waals surface area contributed by atoms with Crippen molar-refractivity contribution >= 4 is 34.2 Å². The monoisotopic (exact) mass is 584 g/mol. The highest BCUT2D eigenvalue weighted by molar-refractivity contribution is 6.02. The van der Waals surface area contributed by atoms with Crippen molar-refractivity contribution in [1.82, 2.24) is 9.97 Å². The van der Waals surface area contributed by atoms with Gasteiger partial charge in [-0.2, -0.15) is 0 Å². The standard InChI is InChI=1S/C36H40N8/c1-23-33-7-5-9-35(43-33)25(3)42-32(20-28-13-17-30(38)18-14-28)22-40-24(2)34-8-6-10-36(44-34)26(4)41-31(21-39-23)19-27-11-15-29(37)16-12-27/h5-18,31-32H,19-22,37-38H2,1-4H3/b39-23+,40-24+,41-26+,42-25+. The van der Waals surface area contributed by atoms with Crippen LogP contribution in [0.3, 0.4) is 0 Å². The molecule has 44 heavy (non-hydrogen) atoms. The quantitative estimate of drug-likeness (QED) is 0.293.